The number of amides is 1. The molecule has 0 aromatic heterocycles. The lowest BCUT2D eigenvalue weighted by Gasteiger charge is -2.30. The molecule has 0 aliphatic heterocycles. The van der Waals surface area contributed by atoms with E-state index >= 15 is 0 Å². The van der Waals surface area contributed by atoms with Gasteiger partial charge in [-0.2, -0.15) is 0 Å². The summed E-state index contributed by atoms with van der Waals surface area (Å²) in [7, 11) is -2.20. The van der Waals surface area contributed by atoms with Crippen LogP contribution >= 0.6 is 11.6 Å². The summed E-state index contributed by atoms with van der Waals surface area (Å²) in [5.41, 5.74) is 1.13. The van der Waals surface area contributed by atoms with Crippen molar-refractivity contribution in [1.82, 2.24) is 5.32 Å². The van der Waals surface area contributed by atoms with E-state index in [1.165, 1.54) is 7.11 Å². The number of anilines is 1. The number of hydrogen-bond donors (Lipinski definition) is 1. The fourth-order valence-electron chi connectivity index (χ4n) is 2.75. The van der Waals surface area contributed by atoms with Gasteiger partial charge in [0.25, 0.3) is 0 Å². The zero-order valence-corrected chi connectivity index (χ0v) is 17.0. The number of rotatable bonds is 8. The first kappa shape index (κ1) is 21.1. The number of methoxy groups -OCH3 is 1. The largest absolute Gasteiger partial charge is 0.497 e. The van der Waals surface area contributed by atoms with Crippen molar-refractivity contribution in [3.05, 3.63) is 59.1 Å². The number of carbonyl (C=O) groups excluding carboxylic acids is 1. The third-order valence-corrected chi connectivity index (χ3v) is 5.60. The smallest absolute Gasteiger partial charge is 0.244 e. The molecule has 1 N–H and O–H groups in total. The predicted molar refractivity (Wildman–Crippen MR) is 108 cm³/mol. The Morgan fingerprint density at radius 2 is 1.93 bits per heavy atom. The third kappa shape index (κ3) is 5.37. The van der Waals surface area contributed by atoms with Gasteiger partial charge in [0.15, 0.2) is 0 Å². The van der Waals surface area contributed by atoms with Gasteiger partial charge in [-0.1, -0.05) is 42.8 Å². The summed E-state index contributed by atoms with van der Waals surface area (Å²) >= 11 is 6.11. The van der Waals surface area contributed by atoms with Crippen LogP contribution in [0.1, 0.15) is 18.9 Å². The molecule has 2 rings (SSSR count). The monoisotopic (exact) mass is 410 g/mol. The van der Waals surface area contributed by atoms with E-state index < -0.39 is 22.0 Å². The fraction of sp³-hybridized carbons (Fsp3) is 0.316. The number of nitrogens with zero attached hydrogens (tertiary/aromatic N) is 1. The summed E-state index contributed by atoms with van der Waals surface area (Å²) in [5, 5.41) is 3.32. The topological polar surface area (TPSA) is 75.7 Å². The quantitative estimate of drug-likeness (QED) is 0.725. The molecule has 0 fully saturated rings. The van der Waals surface area contributed by atoms with E-state index in [9.17, 15) is 13.2 Å². The number of benzene rings is 2. The first-order valence-corrected chi connectivity index (χ1v) is 10.6. The minimum Gasteiger partial charge on any atom is -0.497 e. The molecule has 0 bridgehead atoms. The van der Waals surface area contributed by atoms with Gasteiger partial charge < -0.3 is 10.1 Å². The highest BCUT2D eigenvalue weighted by molar-refractivity contribution is 7.92. The average molecular weight is 411 g/mol. The van der Waals surface area contributed by atoms with Crippen molar-refractivity contribution in [2.75, 3.05) is 17.7 Å². The van der Waals surface area contributed by atoms with E-state index in [1.807, 2.05) is 6.07 Å². The van der Waals surface area contributed by atoms with Crippen LogP contribution in [0.3, 0.4) is 0 Å². The minimum atomic E-state index is -3.70. The van der Waals surface area contributed by atoms with E-state index in [2.05, 4.69) is 5.32 Å². The first-order chi connectivity index (χ1) is 12.8. The number of ether oxygens (including phenoxy) is 1. The zero-order valence-electron chi connectivity index (χ0n) is 15.5. The second-order valence-corrected chi connectivity index (χ2v) is 8.26. The Morgan fingerprint density at radius 1 is 1.22 bits per heavy atom. The van der Waals surface area contributed by atoms with E-state index in [4.69, 9.17) is 16.3 Å². The lowest BCUT2D eigenvalue weighted by molar-refractivity contribution is -0.122. The maximum Gasteiger partial charge on any atom is 0.244 e. The van der Waals surface area contributed by atoms with Crippen LogP contribution in [-0.2, 0) is 21.4 Å². The number of nitrogens with one attached hydrogen (secondary N) is 1. The Bertz CT molecular complexity index is 902. The molecule has 1 atom stereocenters. The van der Waals surface area contributed by atoms with Gasteiger partial charge in [-0.25, -0.2) is 8.42 Å². The van der Waals surface area contributed by atoms with Crippen molar-refractivity contribution in [3.63, 3.8) is 0 Å². The molecular formula is C19H23ClN2O4S. The molecule has 0 aliphatic rings. The molecule has 0 saturated carbocycles. The van der Waals surface area contributed by atoms with E-state index in [-0.39, 0.29) is 6.54 Å². The minimum absolute atomic E-state index is 0.213. The summed E-state index contributed by atoms with van der Waals surface area (Å²) in [4.78, 5) is 12.8. The molecule has 0 spiro atoms. The van der Waals surface area contributed by atoms with Crippen molar-refractivity contribution in [2.24, 2.45) is 0 Å². The molecule has 2 aromatic carbocycles. The highest BCUT2D eigenvalue weighted by Gasteiger charge is 2.31. The number of hydrogen-bond acceptors (Lipinski definition) is 4. The predicted octanol–water partition coefficient (Wildman–Crippen LogP) is 3.21. The van der Waals surface area contributed by atoms with Gasteiger partial charge in [-0.05, 0) is 30.2 Å². The number of sulfonamides is 1. The second kappa shape index (κ2) is 9.10. The fourth-order valence-corrected chi connectivity index (χ4v) is 4.16. The Kier molecular flexibility index (Phi) is 7.10. The van der Waals surface area contributed by atoms with Crippen molar-refractivity contribution < 1.29 is 17.9 Å². The Hall–Kier alpha value is -2.25. The summed E-state index contributed by atoms with van der Waals surface area (Å²) in [6.45, 7) is 1.98. The van der Waals surface area contributed by atoms with Crippen LogP contribution in [0.2, 0.25) is 5.02 Å². The standard InChI is InChI=1S/C19H23ClN2O4S/c1-4-18(19(23)21-13-14-8-5-6-11-17(14)20)22(27(3,24)25)15-9-7-10-16(12-15)26-2/h5-12,18H,4,13H2,1-3H3,(H,21,23)/t18-/m1/s1. The van der Waals surface area contributed by atoms with Gasteiger partial charge in [0, 0.05) is 17.6 Å². The number of halogens is 1. The van der Waals surface area contributed by atoms with Gasteiger partial charge in [0.1, 0.15) is 11.8 Å². The second-order valence-electron chi connectivity index (χ2n) is 5.99. The third-order valence-electron chi connectivity index (χ3n) is 4.05. The Morgan fingerprint density at radius 3 is 2.52 bits per heavy atom. The SMILES string of the molecule is CC[C@H](C(=O)NCc1ccccc1Cl)N(c1cccc(OC)c1)S(C)(=O)=O. The molecule has 1 amide bonds. The van der Waals surface area contributed by atoms with Gasteiger partial charge in [0.2, 0.25) is 15.9 Å². The van der Waals surface area contributed by atoms with Crippen LogP contribution < -0.4 is 14.4 Å². The zero-order chi connectivity index (χ0) is 20.0. The van der Waals surface area contributed by atoms with Crippen LogP contribution in [-0.4, -0.2) is 33.7 Å². The average Bonchev–Trinajstić information content (AvgIpc) is 2.64. The molecular weight excluding hydrogens is 388 g/mol. The van der Waals surface area contributed by atoms with Crippen LogP contribution in [0.15, 0.2) is 48.5 Å². The van der Waals surface area contributed by atoms with Crippen molar-refractivity contribution in [3.8, 4) is 5.75 Å². The van der Waals surface area contributed by atoms with Crippen LogP contribution in [0.25, 0.3) is 0 Å². The Labute approximate surface area is 165 Å². The highest BCUT2D eigenvalue weighted by Crippen LogP contribution is 2.26. The van der Waals surface area contributed by atoms with Crippen molar-refractivity contribution in [2.45, 2.75) is 25.9 Å². The molecule has 146 valence electrons. The molecule has 0 unspecified atom stereocenters. The van der Waals surface area contributed by atoms with Crippen molar-refractivity contribution in [1.29, 1.82) is 0 Å². The lowest BCUT2D eigenvalue weighted by atomic mass is 10.1. The van der Waals surface area contributed by atoms with Crippen LogP contribution in [0.4, 0.5) is 5.69 Å². The molecule has 0 heterocycles. The van der Waals surface area contributed by atoms with Gasteiger partial charge in [-0.3, -0.25) is 9.10 Å². The van der Waals surface area contributed by atoms with Crippen LogP contribution in [0, 0.1) is 0 Å². The summed E-state index contributed by atoms with van der Waals surface area (Å²) in [5.74, 6) is 0.109. The first-order valence-electron chi connectivity index (χ1n) is 8.42. The van der Waals surface area contributed by atoms with E-state index in [0.29, 0.717) is 22.9 Å². The lowest BCUT2D eigenvalue weighted by Crippen LogP contribution is -2.49. The number of carbonyl (C=O) groups is 1. The van der Waals surface area contributed by atoms with E-state index in [0.717, 1.165) is 16.1 Å². The highest BCUT2D eigenvalue weighted by atomic mass is 35.5. The normalized spacial score (nSPS) is 12.3. The molecule has 0 radical (unpaired) electrons. The molecule has 0 aliphatic carbocycles. The molecule has 6 nitrogen and oxygen atoms in total. The Balaban J connectivity index is 2.29. The summed E-state index contributed by atoms with van der Waals surface area (Å²) < 4.78 is 31.2. The maximum absolute atomic E-state index is 12.8. The van der Waals surface area contributed by atoms with Crippen LogP contribution in [0.5, 0.6) is 5.75 Å². The van der Waals surface area contributed by atoms with Gasteiger partial charge in [0.05, 0.1) is 19.1 Å². The van der Waals surface area contributed by atoms with Crippen molar-refractivity contribution >= 4 is 33.2 Å². The molecule has 2 aromatic rings. The van der Waals surface area contributed by atoms with E-state index in [1.54, 1.807) is 49.4 Å². The molecule has 27 heavy (non-hydrogen) atoms. The van der Waals surface area contributed by atoms with Gasteiger partial charge >= 0.3 is 0 Å². The molecule has 0 saturated heterocycles. The summed E-state index contributed by atoms with van der Waals surface area (Å²) in [6, 6.07) is 12.9. The van der Waals surface area contributed by atoms with Gasteiger partial charge in [-0.15, -0.1) is 0 Å². The maximum atomic E-state index is 12.8. The summed E-state index contributed by atoms with van der Waals surface area (Å²) in [6.07, 6.45) is 1.38. The molecule has 8 heteroatoms.